The molecule has 322 valence electrons. The Labute approximate surface area is 364 Å². The second-order valence-corrected chi connectivity index (χ2v) is 14.7. The van der Waals surface area contributed by atoms with E-state index in [1.807, 2.05) is 117 Å². The van der Waals surface area contributed by atoms with Crippen molar-refractivity contribution in [2.75, 3.05) is 68.1 Å². The van der Waals surface area contributed by atoms with E-state index in [0.717, 1.165) is 115 Å². The molecule has 9 rings (SSSR count). The number of aromatic nitrogens is 5. The molecule has 0 spiro atoms. The van der Waals surface area contributed by atoms with E-state index in [1.54, 1.807) is 15.4 Å². The summed E-state index contributed by atoms with van der Waals surface area (Å²) in [5.41, 5.74) is 14.7. The van der Waals surface area contributed by atoms with Gasteiger partial charge in [0.2, 0.25) is 0 Å². The number of para-hydroxylation sites is 2. The van der Waals surface area contributed by atoms with Gasteiger partial charge in [0.1, 0.15) is 5.82 Å². The van der Waals surface area contributed by atoms with Gasteiger partial charge < -0.3 is 35.2 Å². The number of nitrogens with two attached hydrogens (primary N) is 1. The van der Waals surface area contributed by atoms with E-state index in [2.05, 4.69) is 37.1 Å². The number of nitrogen functional groups attached to an aromatic ring is 1. The van der Waals surface area contributed by atoms with E-state index < -0.39 is 17.7 Å². The molecule has 0 amide bonds. The van der Waals surface area contributed by atoms with Crippen LogP contribution in [0, 0.1) is 13.8 Å². The Hall–Kier alpha value is -7.62. The summed E-state index contributed by atoms with van der Waals surface area (Å²) in [6, 6.07) is 38.8. The lowest BCUT2D eigenvalue weighted by atomic mass is 10.0. The van der Waals surface area contributed by atoms with Crippen molar-refractivity contribution >= 4 is 52.0 Å². The number of carboxylic acids is 2. The molecule has 5 heterocycles. The number of aliphatic carboxylic acids is 1. The van der Waals surface area contributed by atoms with E-state index >= 15 is 0 Å². The standard InChI is InChI=1S/C24H22N4O3.C14H15NO4.C10H11N3/c1-16-22-20(17-7-9-18(10-8-17)27-11-13-31-14-12-27)15-21(24(29)30)25-23(22)28(26-16)19-5-3-2-4-6-19;16-13(14(17)18)6-3-11-1-4-12(5-2-11)15-7-9-19-10-8-15;1-8-7-10(11)13(12-8)9-5-3-2-4-6-9/h2-10,15H,11-14H2,1H3,(H,29,30);1-6H,7-10H2,(H,17,18);2-7H,11H2,1H3/b;6-3+;. The normalized spacial score (nSPS) is 13.8. The molecule has 0 radical (unpaired) electrons. The number of hydrogen-bond donors (Lipinski definition) is 3. The highest BCUT2D eigenvalue weighted by atomic mass is 16.5. The van der Waals surface area contributed by atoms with Gasteiger partial charge in [-0.2, -0.15) is 10.2 Å². The Balaban J connectivity index is 0.000000158. The minimum Gasteiger partial charge on any atom is -0.477 e. The highest BCUT2D eigenvalue weighted by Gasteiger charge is 2.20. The number of benzene rings is 4. The third-order valence-electron chi connectivity index (χ3n) is 10.4. The molecule has 15 nitrogen and oxygen atoms in total. The van der Waals surface area contributed by atoms with Crippen LogP contribution in [0.1, 0.15) is 27.4 Å². The lowest BCUT2D eigenvalue weighted by Gasteiger charge is -2.29. The van der Waals surface area contributed by atoms with Crippen LogP contribution in [0.3, 0.4) is 0 Å². The van der Waals surface area contributed by atoms with Crippen molar-refractivity contribution in [3.63, 3.8) is 0 Å². The van der Waals surface area contributed by atoms with Gasteiger partial charge >= 0.3 is 11.9 Å². The number of rotatable bonds is 9. The van der Waals surface area contributed by atoms with Crippen molar-refractivity contribution in [2.45, 2.75) is 13.8 Å². The molecule has 0 bridgehead atoms. The molecule has 0 unspecified atom stereocenters. The van der Waals surface area contributed by atoms with Gasteiger partial charge in [-0.15, -0.1) is 0 Å². The average Bonchev–Trinajstić information content (AvgIpc) is 3.86. The fraction of sp³-hybridized carbons (Fsp3) is 0.208. The largest absolute Gasteiger partial charge is 0.477 e. The Morgan fingerprint density at radius 1 is 0.651 bits per heavy atom. The number of aryl methyl sites for hydroxylation is 2. The molecule has 4 N–H and O–H groups in total. The summed E-state index contributed by atoms with van der Waals surface area (Å²) in [6.07, 6.45) is 2.56. The summed E-state index contributed by atoms with van der Waals surface area (Å²) in [7, 11) is 0. The molecule has 15 heteroatoms. The predicted molar refractivity (Wildman–Crippen MR) is 243 cm³/mol. The number of morpholine rings is 2. The maximum Gasteiger partial charge on any atom is 0.376 e. The Morgan fingerprint density at radius 3 is 1.67 bits per heavy atom. The van der Waals surface area contributed by atoms with Gasteiger partial charge in [0.05, 0.1) is 54.6 Å². The van der Waals surface area contributed by atoms with Crippen LogP contribution in [0.25, 0.3) is 39.6 Å². The number of ether oxygens (including phenoxy) is 2. The maximum absolute atomic E-state index is 11.8. The Bertz CT molecular complexity index is 2690. The van der Waals surface area contributed by atoms with Crippen LogP contribution in [0.2, 0.25) is 0 Å². The van der Waals surface area contributed by atoms with Crippen molar-refractivity contribution in [1.29, 1.82) is 0 Å². The topological polar surface area (TPSA) is 191 Å². The van der Waals surface area contributed by atoms with Crippen LogP contribution in [0.4, 0.5) is 17.2 Å². The van der Waals surface area contributed by atoms with Gasteiger partial charge in [-0.3, -0.25) is 4.79 Å². The number of carbonyl (C=O) groups excluding carboxylic acids is 1. The fourth-order valence-electron chi connectivity index (χ4n) is 7.21. The third kappa shape index (κ3) is 10.8. The first-order chi connectivity index (χ1) is 30.5. The average molecular weight is 849 g/mol. The number of nitrogens with zero attached hydrogens (tertiary/aromatic N) is 7. The van der Waals surface area contributed by atoms with Crippen LogP contribution in [0.15, 0.2) is 127 Å². The highest BCUT2D eigenvalue weighted by Crippen LogP contribution is 2.33. The quantitative estimate of drug-likeness (QED) is 0.101. The van der Waals surface area contributed by atoms with Gasteiger partial charge in [-0.25, -0.2) is 23.9 Å². The van der Waals surface area contributed by atoms with E-state index in [1.165, 1.54) is 6.08 Å². The molecule has 0 aliphatic carbocycles. The van der Waals surface area contributed by atoms with Gasteiger partial charge in [0.25, 0.3) is 5.78 Å². The van der Waals surface area contributed by atoms with Gasteiger partial charge in [0.15, 0.2) is 11.3 Å². The van der Waals surface area contributed by atoms with Crippen molar-refractivity contribution < 1.29 is 34.1 Å². The fourth-order valence-corrected chi connectivity index (χ4v) is 7.21. The minimum absolute atomic E-state index is 0.00293. The number of ketones is 1. The van der Waals surface area contributed by atoms with E-state index in [0.29, 0.717) is 11.5 Å². The molecular formula is C48H48N8O7. The molecule has 0 saturated carbocycles. The zero-order valence-corrected chi connectivity index (χ0v) is 35.0. The first kappa shape index (κ1) is 43.5. The molecule has 0 atom stereocenters. The molecule has 3 aromatic heterocycles. The molecule has 4 aromatic carbocycles. The van der Waals surface area contributed by atoms with Crippen molar-refractivity contribution in [3.05, 3.63) is 150 Å². The lowest BCUT2D eigenvalue weighted by molar-refractivity contribution is -0.146. The highest BCUT2D eigenvalue weighted by molar-refractivity contribution is 6.38. The third-order valence-corrected chi connectivity index (χ3v) is 10.4. The summed E-state index contributed by atoms with van der Waals surface area (Å²) < 4.78 is 14.2. The number of anilines is 3. The van der Waals surface area contributed by atoms with Crippen LogP contribution in [-0.4, -0.2) is 105 Å². The minimum atomic E-state index is -1.44. The number of pyridine rings is 1. The molecule has 2 aliphatic heterocycles. The second kappa shape index (κ2) is 20.3. The zero-order valence-electron chi connectivity index (χ0n) is 35.0. The number of hydrogen-bond acceptors (Lipinski definition) is 11. The maximum atomic E-state index is 11.8. The number of carboxylic acid groups (broad SMARTS) is 2. The number of aromatic carboxylic acids is 1. The van der Waals surface area contributed by atoms with Gasteiger partial charge in [0, 0.05) is 43.6 Å². The first-order valence-electron chi connectivity index (χ1n) is 20.4. The molecule has 2 aliphatic rings. The smallest absolute Gasteiger partial charge is 0.376 e. The number of carbonyl (C=O) groups is 3. The van der Waals surface area contributed by atoms with E-state index in [4.69, 9.17) is 20.3 Å². The Kier molecular flexibility index (Phi) is 14.0. The summed E-state index contributed by atoms with van der Waals surface area (Å²) in [6.45, 7) is 10.2. The lowest BCUT2D eigenvalue weighted by Crippen LogP contribution is -2.36. The second-order valence-electron chi connectivity index (χ2n) is 14.7. The van der Waals surface area contributed by atoms with E-state index in [9.17, 15) is 19.5 Å². The number of fused-ring (bicyclic) bond motifs is 1. The van der Waals surface area contributed by atoms with Gasteiger partial charge in [-0.05, 0) is 91.2 Å². The van der Waals surface area contributed by atoms with Crippen LogP contribution in [-0.2, 0) is 19.1 Å². The monoisotopic (exact) mass is 848 g/mol. The summed E-state index contributed by atoms with van der Waals surface area (Å²) in [5, 5.41) is 27.9. The first-order valence-corrected chi connectivity index (χ1v) is 20.4. The Morgan fingerprint density at radius 2 is 1.17 bits per heavy atom. The van der Waals surface area contributed by atoms with Gasteiger partial charge in [-0.1, -0.05) is 66.7 Å². The van der Waals surface area contributed by atoms with Crippen molar-refractivity contribution in [1.82, 2.24) is 24.5 Å². The van der Waals surface area contributed by atoms with Crippen LogP contribution in [0.5, 0.6) is 0 Å². The summed E-state index contributed by atoms with van der Waals surface area (Å²) in [5.74, 6) is -2.76. The molecule has 2 fully saturated rings. The molecule has 2 saturated heterocycles. The zero-order chi connectivity index (χ0) is 44.3. The summed E-state index contributed by atoms with van der Waals surface area (Å²) >= 11 is 0. The molecule has 7 aromatic rings. The molecular weight excluding hydrogens is 801 g/mol. The van der Waals surface area contributed by atoms with Crippen LogP contribution >= 0.6 is 0 Å². The van der Waals surface area contributed by atoms with E-state index in [-0.39, 0.29) is 5.69 Å². The molecule has 63 heavy (non-hydrogen) atoms. The predicted octanol–water partition coefficient (Wildman–Crippen LogP) is 6.88. The van der Waals surface area contributed by atoms with Crippen molar-refractivity contribution in [3.8, 4) is 22.5 Å². The van der Waals surface area contributed by atoms with Crippen molar-refractivity contribution in [2.24, 2.45) is 0 Å². The summed E-state index contributed by atoms with van der Waals surface area (Å²) in [4.78, 5) is 42.1. The SMILES string of the molecule is Cc1cc(N)n(-c2ccccc2)n1.Cc1nn(-c2ccccc2)c2nc(C(=O)O)cc(-c3ccc(N4CCOCC4)cc3)c12.O=C(O)C(=O)/C=C/c1ccc(N2CCOCC2)cc1. The van der Waals surface area contributed by atoms with Crippen LogP contribution < -0.4 is 15.5 Å².